The van der Waals surface area contributed by atoms with Crippen molar-refractivity contribution in [1.29, 1.82) is 0 Å². The zero-order valence-corrected chi connectivity index (χ0v) is 8.80. The molecule has 0 amide bonds. The van der Waals surface area contributed by atoms with E-state index in [0.717, 1.165) is 0 Å². The SMILES string of the molecule is CC(C)(C)[S@](=O)/N=C/c1ccco1. The predicted octanol–water partition coefficient (Wildman–Crippen LogP) is 2.16. The van der Waals surface area contributed by atoms with Gasteiger partial charge in [0.15, 0.2) is 0 Å². The lowest BCUT2D eigenvalue weighted by Crippen LogP contribution is -2.19. The van der Waals surface area contributed by atoms with Crippen LogP contribution in [0.3, 0.4) is 0 Å². The summed E-state index contributed by atoms with van der Waals surface area (Å²) in [6.45, 7) is 5.63. The third kappa shape index (κ3) is 3.14. The van der Waals surface area contributed by atoms with E-state index < -0.39 is 11.0 Å². The van der Waals surface area contributed by atoms with E-state index in [1.165, 1.54) is 6.21 Å². The van der Waals surface area contributed by atoms with Gasteiger partial charge in [-0.2, -0.15) is 4.40 Å². The highest BCUT2D eigenvalue weighted by Crippen LogP contribution is 2.12. The maximum absolute atomic E-state index is 11.4. The molecule has 1 aromatic heterocycles. The summed E-state index contributed by atoms with van der Waals surface area (Å²) in [4.78, 5) is 0. The average molecular weight is 199 g/mol. The molecule has 3 nitrogen and oxygen atoms in total. The van der Waals surface area contributed by atoms with E-state index >= 15 is 0 Å². The molecule has 13 heavy (non-hydrogen) atoms. The molecule has 0 saturated carbocycles. The summed E-state index contributed by atoms with van der Waals surface area (Å²) in [5.74, 6) is 0.623. The first-order valence-corrected chi connectivity index (χ1v) is 5.10. The van der Waals surface area contributed by atoms with Crippen LogP contribution in [0.5, 0.6) is 0 Å². The summed E-state index contributed by atoms with van der Waals surface area (Å²) < 4.78 is 20.0. The Balaban J connectivity index is 2.65. The lowest BCUT2D eigenvalue weighted by molar-refractivity contribution is 0.560. The summed E-state index contributed by atoms with van der Waals surface area (Å²) >= 11 is 0. The van der Waals surface area contributed by atoms with Crippen molar-refractivity contribution in [3.8, 4) is 0 Å². The fourth-order valence-electron chi connectivity index (χ4n) is 0.623. The molecule has 1 rings (SSSR count). The minimum Gasteiger partial charge on any atom is -0.463 e. The normalized spacial score (nSPS) is 15.0. The predicted molar refractivity (Wildman–Crippen MR) is 54.2 cm³/mol. The van der Waals surface area contributed by atoms with Crippen LogP contribution < -0.4 is 0 Å². The molecule has 0 unspecified atom stereocenters. The second-order valence-electron chi connectivity index (χ2n) is 3.61. The number of hydrogen-bond acceptors (Lipinski definition) is 2. The average Bonchev–Trinajstić information content (AvgIpc) is 2.50. The second-order valence-corrected chi connectivity index (χ2v) is 5.55. The van der Waals surface area contributed by atoms with Gasteiger partial charge in [-0.3, -0.25) is 0 Å². The molecule has 4 heteroatoms. The van der Waals surface area contributed by atoms with Crippen LogP contribution in [0.4, 0.5) is 0 Å². The Morgan fingerprint density at radius 1 is 1.54 bits per heavy atom. The van der Waals surface area contributed by atoms with Gasteiger partial charge in [0.05, 0.1) is 17.2 Å². The van der Waals surface area contributed by atoms with Crippen molar-refractivity contribution < 1.29 is 8.63 Å². The van der Waals surface area contributed by atoms with Crippen LogP contribution in [-0.4, -0.2) is 15.2 Å². The summed E-state index contributed by atoms with van der Waals surface area (Å²) in [6.07, 6.45) is 3.04. The monoisotopic (exact) mass is 199 g/mol. The van der Waals surface area contributed by atoms with E-state index in [2.05, 4.69) is 4.40 Å². The number of nitrogens with zero attached hydrogens (tertiary/aromatic N) is 1. The summed E-state index contributed by atoms with van der Waals surface area (Å²) in [6, 6.07) is 3.53. The first-order valence-electron chi connectivity index (χ1n) is 4.00. The molecule has 72 valence electrons. The largest absolute Gasteiger partial charge is 0.463 e. The number of hydrogen-bond donors (Lipinski definition) is 0. The van der Waals surface area contributed by atoms with Crippen LogP contribution in [-0.2, 0) is 11.0 Å². The van der Waals surface area contributed by atoms with E-state index in [1.807, 2.05) is 20.8 Å². The Morgan fingerprint density at radius 2 is 2.23 bits per heavy atom. The Hall–Kier alpha value is -0.900. The van der Waals surface area contributed by atoms with Crippen molar-refractivity contribution in [1.82, 2.24) is 0 Å². The smallest absolute Gasteiger partial charge is 0.145 e. The van der Waals surface area contributed by atoms with Gasteiger partial charge in [0.1, 0.15) is 16.7 Å². The van der Waals surface area contributed by atoms with Gasteiger partial charge in [0.25, 0.3) is 0 Å². The topological polar surface area (TPSA) is 42.6 Å². The molecule has 0 N–H and O–H groups in total. The van der Waals surface area contributed by atoms with Gasteiger partial charge in [0, 0.05) is 0 Å². The van der Waals surface area contributed by atoms with E-state index in [9.17, 15) is 4.21 Å². The van der Waals surface area contributed by atoms with E-state index in [0.29, 0.717) is 5.76 Å². The number of rotatable bonds is 2. The first kappa shape index (κ1) is 10.2. The van der Waals surface area contributed by atoms with Crippen LogP contribution in [0.2, 0.25) is 0 Å². The van der Waals surface area contributed by atoms with Gasteiger partial charge in [-0.15, -0.1) is 0 Å². The maximum atomic E-state index is 11.4. The summed E-state index contributed by atoms with van der Waals surface area (Å²) in [5, 5.41) is 0. The fraction of sp³-hybridized carbons (Fsp3) is 0.444. The van der Waals surface area contributed by atoms with Crippen molar-refractivity contribution in [2.45, 2.75) is 25.5 Å². The summed E-state index contributed by atoms with van der Waals surface area (Å²) in [7, 11) is -1.21. The van der Waals surface area contributed by atoms with Crippen LogP contribution in [0, 0.1) is 0 Å². The Kier molecular flexibility index (Phi) is 3.03. The Labute approximate surface area is 80.5 Å². The van der Waals surface area contributed by atoms with Gasteiger partial charge < -0.3 is 4.42 Å². The molecule has 0 fully saturated rings. The molecule has 0 spiro atoms. The van der Waals surface area contributed by atoms with Crippen molar-refractivity contribution in [2.75, 3.05) is 0 Å². The minimum atomic E-state index is -1.21. The molecule has 1 aromatic rings. The van der Waals surface area contributed by atoms with Gasteiger partial charge in [-0.25, -0.2) is 4.21 Å². The highest BCUT2D eigenvalue weighted by atomic mass is 32.2. The molecule has 0 radical (unpaired) electrons. The first-order chi connectivity index (χ1) is 6.00. The quantitative estimate of drug-likeness (QED) is 0.685. The Morgan fingerprint density at radius 3 is 2.69 bits per heavy atom. The standard InChI is InChI=1S/C9H13NO2S/c1-9(2,3)13(11)10-7-8-5-4-6-12-8/h4-7H,1-3H3/b10-7+/t13-/m0/s1. The van der Waals surface area contributed by atoms with Crippen molar-refractivity contribution in [3.63, 3.8) is 0 Å². The van der Waals surface area contributed by atoms with Crippen LogP contribution in [0.1, 0.15) is 26.5 Å². The fourth-order valence-corrected chi connectivity index (χ4v) is 1.14. The van der Waals surface area contributed by atoms with E-state index in [-0.39, 0.29) is 4.75 Å². The molecule has 0 bridgehead atoms. The van der Waals surface area contributed by atoms with Crippen LogP contribution >= 0.6 is 0 Å². The van der Waals surface area contributed by atoms with E-state index in [1.54, 1.807) is 18.4 Å². The third-order valence-electron chi connectivity index (χ3n) is 1.34. The van der Waals surface area contributed by atoms with Crippen LogP contribution in [0.15, 0.2) is 27.2 Å². The lowest BCUT2D eigenvalue weighted by atomic mass is 10.3. The van der Waals surface area contributed by atoms with Gasteiger partial charge in [0.2, 0.25) is 0 Å². The zero-order valence-electron chi connectivity index (χ0n) is 7.98. The molecule has 1 atom stereocenters. The second kappa shape index (κ2) is 3.87. The molecule has 0 aliphatic carbocycles. The van der Waals surface area contributed by atoms with Crippen molar-refractivity contribution >= 4 is 17.2 Å². The van der Waals surface area contributed by atoms with E-state index in [4.69, 9.17) is 4.42 Å². The molecule has 0 aliphatic rings. The van der Waals surface area contributed by atoms with Crippen LogP contribution in [0.25, 0.3) is 0 Å². The number of furan rings is 1. The lowest BCUT2D eigenvalue weighted by Gasteiger charge is -2.12. The molecule has 1 heterocycles. The van der Waals surface area contributed by atoms with Gasteiger partial charge in [-0.1, -0.05) is 0 Å². The zero-order chi connectivity index (χ0) is 9.90. The third-order valence-corrected chi connectivity index (χ3v) is 2.69. The molecule has 0 aliphatic heterocycles. The Bertz CT molecular complexity index is 309. The molecule has 0 saturated heterocycles. The molecular formula is C9H13NO2S. The van der Waals surface area contributed by atoms with Crippen molar-refractivity contribution in [2.24, 2.45) is 4.40 Å². The van der Waals surface area contributed by atoms with Gasteiger partial charge in [-0.05, 0) is 32.9 Å². The highest BCUT2D eigenvalue weighted by molar-refractivity contribution is 7.85. The molecular weight excluding hydrogens is 186 g/mol. The highest BCUT2D eigenvalue weighted by Gasteiger charge is 2.18. The molecule has 0 aromatic carbocycles. The van der Waals surface area contributed by atoms with Crippen molar-refractivity contribution in [3.05, 3.63) is 24.2 Å². The summed E-state index contributed by atoms with van der Waals surface area (Å²) in [5.41, 5.74) is 0. The van der Waals surface area contributed by atoms with Gasteiger partial charge >= 0.3 is 0 Å². The minimum absolute atomic E-state index is 0.316. The maximum Gasteiger partial charge on any atom is 0.145 e.